The highest BCUT2D eigenvalue weighted by Crippen LogP contribution is 2.38. The standard InChI is InChI=1S/C24H31ClN4O3S.ClH/c25-20-10-7-13-24(18-20,23(26)27-22(30)19-8-3-1-4-9-19)28-14-16-29(17-15-28)33(31,32)21-11-5-2-6-12-21;/h1-6,8-9,11-12,20,23H,7,10,13-18,26H2,(H,27,30);1H. The van der Waals surface area contributed by atoms with Gasteiger partial charge in [-0.05, 0) is 43.5 Å². The monoisotopic (exact) mass is 526 g/mol. The van der Waals surface area contributed by atoms with Gasteiger partial charge in [0.05, 0.1) is 16.6 Å². The molecule has 34 heavy (non-hydrogen) atoms. The maximum Gasteiger partial charge on any atom is 0.252 e. The van der Waals surface area contributed by atoms with E-state index in [0.29, 0.717) is 43.1 Å². The first kappa shape index (κ1) is 26.9. The molecule has 3 N–H and O–H groups in total. The lowest BCUT2D eigenvalue weighted by Gasteiger charge is -2.53. The van der Waals surface area contributed by atoms with Crippen molar-refractivity contribution < 1.29 is 13.2 Å². The van der Waals surface area contributed by atoms with Gasteiger partial charge in [-0.1, -0.05) is 42.8 Å². The predicted molar refractivity (Wildman–Crippen MR) is 137 cm³/mol. The summed E-state index contributed by atoms with van der Waals surface area (Å²) in [5.41, 5.74) is 6.70. The fourth-order valence-corrected chi connectivity index (χ4v) is 6.91. The van der Waals surface area contributed by atoms with Gasteiger partial charge in [0, 0.05) is 37.1 Å². The van der Waals surface area contributed by atoms with Gasteiger partial charge in [0.25, 0.3) is 5.91 Å². The number of benzene rings is 2. The van der Waals surface area contributed by atoms with Crippen LogP contribution in [0.15, 0.2) is 65.6 Å². The second-order valence-electron chi connectivity index (χ2n) is 8.82. The zero-order valence-corrected chi connectivity index (χ0v) is 21.4. The Morgan fingerprint density at radius 3 is 2.21 bits per heavy atom. The summed E-state index contributed by atoms with van der Waals surface area (Å²) in [6.45, 7) is 1.80. The van der Waals surface area contributed by atoms with Crippen LogP contribution in [0.4, 0.5) is 0 Å². The van der Waals surface area contributed by atoms with E-state index in [1.165, 1.54) is 4.31 Å². The van der Waals surface area contributed by atoms with Crippen molar-refractivity contribution in [3.8, 4) is 0 Å². The number of rotatable bonds is 6. The average molecular weight is 528 g/mol. The van der Waals surface area contributed by atoms with Crippen LogP contribution in [0.1, 0.15) is 36.0 Å². The van der Waals surface area contributed by atoms with E-state index in [-0.39, 0.29) is 23.7 Å². The lowest BCUT2D eigenvalue weighted by Crippen LogP contribution is -2.70. The van der Waals surface area contributed by atoms with Crippen LogP contribution >= 0.6 is 24.0 Å². The first-order valence-electron chi connectivity index (χ1n) is 11.4. The van der Waals surface area contributed by atoms with E-state index in [0.717, 1.165) is 19.3 Å². The number of carbonyl (C=O) groups is 1. The van der Waals surface area contributed by atoms with Gasteiger partial charge in [0.15, 0.2) is 0 Å². The van der Waals surface area contributed by atoms with Crippen molar-refractivity contribution in [2.24, 2.45) is 5.73 Å². The van der Waals surface area contributed by atoms with Crippen LogP contribution in [-0.2, 0) is 10.0 Å². The van der Waals surface area contributed by atoms with E-state index < -0.39 is 21.7 Å². The van der Waals surface area contributed by atoms with Gasteiger partial charge < -0.3 is 11.1 Å². The zero-order chi connectivity index (χ0) is 23.5. The molecule has 0 spiro atoms. The Bertz CT molecular complexity index is 1050. The van der Waals surface area contributed by atoms with E-state index in [1.807, 2.05) is 18.2 Å². The molecule has 0 bridgehead atoms. The van der Waals surface area contributed by atoms with Crippen molar-refractivity contribution in [3.63, 3.8) is 0 Å². The molecule has 4 rings (SSSR count). The third kappa shape index (κ3) is 5.58. The Balaban J connectivity index is 0.00000324. The number of amides is 1. The second-order valence-corrected chi connectivity index (χ2v) is 11.4. The van der Waals surface area contributed by atoms with Crippen LogP contribution in [0.3, 0.4) is 0 Å². The minimum atomic E-state index is -3.54. The molecule has 7 nitrogen and oxygen atoms in total. The lowest BCUT2D eigenvalue weighted by molar-refractivity contribution is -0.00122. The lowest BCUT2D eigenvalue weighted by atomic mass is 9.77. The van der Waals surface area contributed by atoms with Gasteiger partial charge in [-0.3, -0.25) is 9.69 Å². The van der Waals surface area contributed by atoms with Crippen LogP contribution < -0.4 is 11.1 Å². The van der Waals surface area contributed by atoms with Gasteiger partial charge in [-0.25, -0.2) is 8.42 Å². The quantitative estimate of drug-likeness (QED) is 0.445. The molecule has 1 amide bonds. The molecule has 1 saturated heterocycles. The van der Waals surface area contributed by atoms with Crippen molar-refractivity contribution in [3.05, 3.63) is 66.2 Å². The largest absolute Gasteiger partial charge is 0.335 e. The summed E-state index contributed by atoms with van der Waals surface area (Å²) < 4.78 is 27.6. The molecule has 2 aromatic carbocycles. The number of nitrogens with two attached hydrogens (primary N) is 1. The number of hydrogen-bond donors (Lipinski definition) is 2. The number of hydrogen-bond acceptors (Lipinski definition) is 5. The molecule has 3 atom stereocenters. The first-order chi connectivity index (χ1) is 15.8. The smallest absolute Gasteiger partial charge is 0.252 e. The summed E-state index contributed by atoms with van der Waals surface area (Å²) in [7, 11) is -3.54. The van der Waals surface area contributed by atoms with E-state index >= 15 is 0 Å². The summed E-state index contributed by atoms with van der Waals surface area (Å²) in [5.74, 6) is -0.218. The summed E-state index contributed by atoms with van der Waals surface area (Å²) in [6, 6.07) is 17.5. The number of halogens is 2. The fraction of sp³-hybridized carbons (Fsp3) is 0.458. The Morgan fingerprint density at radius 1 is 1.03 bits per heavy atom. The van der Waals surface area contributed by atoms with Crippen molar-refractivity contribution >= 4 is 39.9 Å². The Labute approximate surface area is 213 Å². The van der Waals surface area contributed by atoms with Gasteiger partial charge in [0.1, 0.15) is 0 Å². The summed E-state index contributed by atoms with van der Waals surface area (Å²) in [4.78, 5) is 15.4. The third-order valence-electron chi connectivity index (χ3n) is 6.85. The normalized spacial score (nSPS) is 25.2. The Morgan fingerprint density at radius 2 is 1.62 bits per heavy atom. The van der Waals surface area contributed by atoms with E-state index in [9.17, 15) is 13.2 Å². The van der Waals surface area contributed by atoms with Gasteiger partial charge in [-0.15, -0.1) is 24.0 Å². The SMILES string of the molecule is Cl.NC(NC(=O)c1ccccc1)C1(N2CCN(S(=O)(=O)c3ccccc3)CC2)CCCC(Cl)C1. The number of sulfonamides is 1. The van der Waals surface area contributed by atoms with Crippen LogP contribution in [-0.4, -0.2) is 66.8 Å². The topological polar surface area (TPSA) is 95.7 Å². The highest BCUT2D eigenvalue weighted by Gasteiger charge is 2.47. The molecule has 3 unspecified atom stereocenters. The number of piperazine rings is 1. The maximum atomic E-state index is 13.0. The molecule has 2 fully saturated rings. The minimum absolute atomic E-state index is 0. The zero-order valence-electron chi connectivity index (χ0n) is 19.0. The number of carbonyl (C=O) groups excluding carboxylic acids is 1. The van der Waals surface area contributed by atoms with Gasteiger partial charge in [-0.2, -0.15) is 4.31 Å². The molecule has 1 aliphatic heterocycles. The molecule has 2 aliphatic rings. The van der Waals surface area contributed by atoms with Crippen molar-refractivity contribution in [2.45, 2.75) is 47.7 Å². The van der Waals surface area contributed by atoms with E-state index in [2.05, 4.69) is 10.2 Å². The van der Waals surface area contributed by atoms with Crippen molar-refractivity contribution in [1.82, 2.24) is 14.5 Å². The number of nitrogens with zero attached hydrogens (tertiary/aromatic N) is 2. The third-order valence-corrected chi connectivity index (χ3v) is 9.14. The molecule has 186 valence electrons. The molecule has 0 aromatic heterocycles. The van der Waals surface area contributed by atoms with Gasteiger partial charge in [0.2, 0.25) is 10.0 Å². The first-order valence-corrected chi connectivity index (χ1v) is 13.3. The molecular formula is C24H32Cl2N4O3S. The highest BCUT2D eigenvalue weighted by atomic mass is 35.5. The molecule has 1 saturated carbocycles. The van der Waals surface area contributed by atoms with Crippen LogP contribution in [0.5, 0.6) is 0 Å². The molecule has 1 aliphatic carbocycles. The molecular weight excluding hydrogens is 495 g/mol. The average Bonchev–Trinajstić information content (AvgIpc) is 2.85. The maximum absolute atomic E-state index is 13.0. The van der Waals surface area contributed by atoms with E-state index in [4.69, 9.17) is 17.3 Å². The fourth-order valence-electron chi connectivity index (χ4n) is 5.05. The van der Waals surface area contributed by atoms with Crippen LogP contribution in [0.2, 0.25) is 0 Å². The molecule has 10 heteroatoms. The number of alkyl halides is 1. The van der Waals surface area contributed by atoms with Gasteiger partial charge >= 0.3 is 0 Å². The van der Waals surface area contributed by atoms with Crippen molar-refractivity contribution in [1.29, 1.82) is 0 Å². The van der Waals surface area contributed by atoms with Crippen LogP contribution in [0, 0.1) is 0 Å². The molecule has 2 aromatic rings. The highest BCUT2D eigenvalue weighted by molar-refractivity contribution is 7.89. The minimum Gasteiger partial charge on any atom is -0.335 e. The summed E-state index contributed by atoms with van der Waals surface area (Å²) in [5, 5.41) is 2.96. The second kappa shape index (κ2) is 11.4. The summed E-state index contributed by atoms with van der Waals surface area (Å²) in [6.07, 6.45) is 2.65. The summed E-state index contributed by atoms with van der Waals surface area (Å²) >= 11 is 6.60. The number of nitrogens with one attached hydrogen (secondary N) is 1. The Hall–Kier alpha value is -1.68. The Kier molecular flexibility index (Phi) is 9.00. The molecule has 1 heterocycles. The molecule has 0 radical (unpaired) electrons. The predicted octanol–water partition coefficient (Wildman–Crippen LogP) is 3.05. The van der Waals surface area contributed by atoms with Crippen LogP contribution in [0.25, 0.3) is 0 Å². The van der Waals surface area contributed by atoms with E-state index in [1.54, 1.807) is 42.5 Å². The van der Waals surface area contributed by atoms with Crippen molar-refractivity contribution in [2.75, 3.05) is 26.2 Å².